The number of amides is 2. The summed E-state index contributed by atoms with van der Waals surface area (Å²) in [4.78, 5) is 37.5. The Labute approximate surface area is 196 Å². The first-order valence-electron chi connectivity index (χ1n) is 10.5. The van der Waals surface area contributed by atoms with Crippen molar-refractivity contribution in [2.24, 2.45) is 0 Å². The summed E-state index contributed by atoms with van der Waals surface area (Å²) in [5, 5.41) is 9.16. The van der Waals surface area contributed by atoms with Gasteiger partial charge in [0.25, 0.3) is 11.8 Å². The Morgan fingerprint density at radius 3 is 2.55 bits per heavy atom. The van der Waals surface area contributed by atoms with E-state index in [-0.39, 0.29) is 12.3 Å². The normalized spacial score (nSPS) is 11.3. The van der Waals surface area contributed by atoms with Crippen LogP contribution in [-0.2, 0) is 14.3 Å². The van der Waals surface area contributed by atoms with Crippen molar-refractivity contribution < 1.29 is 23.9 Å². The summed E-state index contributed by atoms with van der Waals surface area (Å²) < 4.78 is 10.9. The lowest BCUT2D eigenvalue weighted by Gasteiger charge is -2.19. The monoisotopic (exact) mass is 466 g/mol. The highest BCUT2D eigenvalue weighted by atomic mass is 32.1. The van der Waals surface area contributed by atoms with Gasteiger partial charge in [-0.2, -0.15) is 11.3 Å². The van der Waals surface area contributed by atoms with Gasteiger partial charge in [-0.15, -0.1) is 0 Å². The van der Waals surface area contributed by atoms with E-state index in [1.165, 1.54) is 18.4 Å². The number of aryl methyl sites for hydroxylation is 1. The molecule has 0 saturated heterocycles. The zero-order valence-electron chi connectivity index (χ0n) is 18.5. The highest BCUT2D eigenvalue weighted by molar-refractivity contribution is 7.08. The van der Waals surface area contributed by atoms with Crippen LogP contribution in [0, 0.1) is 6.92 Å². The van der Waals surface area contributed by atoms with Gasteiger partial charge in [0.15, 0.2) is 0 Å². The highest BCUT2D eigenvalue weighted by Crippen LogP contribution is 2.28. The van der Waals surface area contributed by atoms with Crippen molar-refractivity contribution in [2.75, 3.05) is 19.0 Å². The van der Waals surface area contributed by atoms with Gasteiger partial charge in [0.1, 0.15) is 5.75 Å². The van der Waals surface area contributed by atoms with Gasteiger partial charge in [-0.3, -0.25) is 14.4 Å². The van der Waals surface area contributed by atoms with Crippen molar-refractivity contribution in [1.29, 1.82) is 0 Å². The largest absolute Gasteiger partial charge is 0.495 e. The molecule has 0 spiro atoms. The minimum absolute atomic E-state index is 0.0638. The molecule has 8 heteroatoms. The molecular weight excluding hydrogens is 440 g/mol. The second-order valence-corrected chi connectivity index (χ2v) is 8.13. The predicted molar refractivity (Wildman–Crippen MR) is 128 cm³/mol. The molecule has 1 heterocycles. The second kappa shape index (κ2) is 11.8. The fourth-order valence-corrected chi connectivity index (χ4v) is 3.78. The van der Waals surface area contributed by atoms with Gasteiger partial charge >= 0.3 is 5.97 Å². The highest BCUT2D eigenvalue weighted by Gasteiger charge is 2.26. The average Bonchev–Trinajstić information content (AvgIpc) is 3.36. The van der Waals surface area contributed by atoms with Crippen molar-refractivity contribution in [2.45, 2.75) is 25.9 Å². The Hall–Kier alpha value is -3.65. The number of hydrogen-bond donors (Lipinski definition) is 2. The molecule has 2 N–H and O–H groups in total. The summed E-state index contributed by atoms with van der Waals surface area (Å²) in [6.07, 6.45) is -0.665. The lowest BCUT2D eigenvalue weighted by atomic mass is 10.1. The zero-order valence-corrected chi connectivity index (χ0v) is 19.3. The van der Waals surface area contributed by atoms with Gasteiger partial charge in [0, 0.05) is 29.5 Å². The van der Waals surface area contributed by atoms with Gasteiger partial charge in [-0.1, -0.05) is 36.4 Å². The van der Waals surface area contributed by atoms with Crippen LogP contribution in [0.2, 0.25) is 0 Å². The molecule has 1 unspecified atom stereocenters. The first kappa shape index (κ1) is 24.0. The summed E-state index contributed by atoms with van der Waals surface area (Å²) in [6, 6.07) is 16.0. The van der Waals surface area contributed by atoms with Gasteiger partial charge in [-0.05, 0) is 42.5 Å². The summed E-state index contributed by atoms with van der Waals surface area (Å²) >= 11 is 1.44. The number of esters is 1. The molecule has 3 rings (SSSR count). The van der Waals surface area contributed by atoms with Gasteiger partial charge < -0.3 is 20.1 Å². The fraction of sp³-hybridized carbons (Fsp3) is 0.240. The van der Waals surface area contributed by atoms with Crippen LogP contribution in [0.3, 0.4) is 0 Å². The first-order valence-corrected chi connectivity index (χ1v) is 11.4. The quantitative estimate of drug-likeness (QED) is 0.339. The Morgan fingerprint density at radius 2 is 1.85 bits per heavy atom. The Morgan fingerprint density at radius 1 is 1.06 bits per heavy atom. The van der Waals surface area contributed by atoms with Crippen LogP contribution < -0.4 is 15.4 Å². The number of carbonyl (C=O) groups excluding carboxylic acids is 3. The number of rotatable bonds is 10. The third-order valence-corrected chi connectivity index (χ3v) is 5.51. The molecule has 1 atom stereocenters. The summed E-state index contributed by atoms with van der Waals surface area (Å²) in [7, 11) is 1.52. The maximum atomic E-state index is 13.1. The minimum Gasteiger partial charge on any atom is -0.495 e. The number of hydrogen-bond acceptors (Lipinski definition) is 6. The van der Waals surface area contributed by atoms with Crippen molar-refractivity contribution in [3.8, 4) is 5.75 Å². The Kier molecular flexibility index (Phi) is 8.60. The van der Waals surface area contributed by atoms with Crippen LogP contribution in [0.15, 0.2) is 65.4 Å². The number of anilines is 1. The maximum Gasteiger partial charge on any atom is 0.306 e. The smallest absolute Gasteiger partial charge is 0.306 e. The molecule has 3 aromatic rings. The fourth-order valence-electron chi connectivity index (χ4n) is 3.14. The van der Waals surface area contributed by atoms with E-state index in [1.54, 1.807) is 47.8 Å². The molecule has 0 aliphatic heterocycles. The van der Waals surface area contributed by atoms with Gasteiger partial charge in [0.05, 0.1) is 12.8 Å². The molecule has 33 heavy (non-hydrogen) atoms. The predicted octanol–water partition coefficient (Wildman–Crippen LogP) is 4.50. The SMILES string of the molecule is COc1ccc(C)cc1NC(=O)C(OC(=O)CCCNC(=O)c1ccsc1)c1ccccc1. The third-order valence-electron chi connectivity index (χ3n) is 4.83. The van der Waals surface area contributed by atoms with E-state index in [4.69, 9.17) is 9.47 Å². The van der Waals surface area contributed by atoms with Crippen LogP contribution in [-0.4, -0.2) is 31.4 Å². The lowest BCUT2D eigenvalue weighted by Crippen LogP contribution is -2.27. The molecule has 0 aliphatic rings. The van der Waals surface area contributed by atoms with E-state index < -0.39 is 18.0 Å². The van der Waals surface area contributed by atoms with E-state index in [0.29, 0.717) is 35.5 Å². The number of benzene rings is 2. The average molecular weight is 467 g/mol. The topological polar surface area (TPSA) is 93.7 Å². The summed E-state index contributed by atoms with van der Waals surface area (Å²) in [6.45, 7) is 2.23. The number of methoxy groups -OCH3 is 1. The zero-order chi connectivity index (χ0) is 23.6. The standard InChI is InChI=1S/C25H26N2O5S/c1-17-10-11-21(31-2)20(15-17)27-25(30)23(18-7-4-3-5-8-18)32-22(28)9-6-13-26-24(29)19-12-14-33-16-19/h3-5,7-8,10-12,14-16,23H,6,9,13H2,1-2H3,(H,26,29)(H,27,30). The third kappa shape index (κ3) is 6.92. The minimum atomic E-state index is -1.12. The lowest BCUT2D eigenvalue weighted by molar-refractivity contribution is -0.154. The molecule has 2 amide bonds. The molecule has 0 saturated carbocycles. The molecule has 0 aliphatic carbocycles. The van der Waals surface area contributed by atoms with Crippen LogP contribution in [0.5, 0.6) is 5.75 Å². The Balaban J connectivity index is 1.61. The molecule has 0 fully saturated rings. The van der Waals surface area contributed by atoms with Gasteiger partial charge in [-0.25, -0.2) is 0 Å². The van der Waals surface area contributed by atoms with Crippen LogP contribution in [0.1, 0.15) is 40.4 Å². The van der Waals surface area contributed by atoms with Crippen molar-refractivity contribution in [3.05, 3.63) is 82.0 Å². The molecular formula is C25H26N2O5S. The number of ether oxygens (including phenoxy) is 2. The van der Waals surface area contributed by atoms with Crippen molar-refractivity contribution in [3.63, 3.8) is 0 Å². The van der Waals surface area contributed by atoms with Gasteiger partial charge in [0.2, 0.25) is 6.10 Å². The van der Waals surface area contributed by atoms with E-state index in [1.807, 2.05) is 24.4 Å². The van der Waals surface area contributed by atoms with E-state index in [2.05, 4.69) is 10.6 Å². The maximum absolute atomic E-state index is 13.1. The van der Waals surface area contributed by atoms with Crippen LogP contribution in [0.4, 0.5) is 5.69 Å². The number of carbonyl (C=O) groups is 3. The summed E-state index contributed by atoms with van der Waals surface area (Å²) in [5.74, 6) is -0.684. The Bertz CT molecular complexity index is 1080. The van der Waals surface area contributed by atoms with Crippen LogP contribution >= 0.6 is 11.3 Å². The van der Waals surface area contributed by atoms with Crippen LogP contribution in [0.25, 0.3) is 0 Å². The summed E-state index contributed by atoms with van der Waals surface area (Å²) in [5.41, 5.74) is 2.59. The molecule has 1 aromatic heterocycles. The molecule has 7 nitrogen and oxygen atoms in total. The molecule has 2 aromatic carbocycles. The number of nitrogens with one attached hydrogen (secondary N) is 2. The van der Waals surface area contributed by atoms with Crippen molar-refractivity contribution >= 4 is 34.8 Å². The van der Waals surface area contributed by atoms with E-state index in [0.717, 1.165) is 5.56 Å². The van der Waals surface area contributed by atoms with Crippen molar-refractivity contribution in [1.82, 2.24) is 5.32 Å². The first-order chi connectivity index (χ1) is 16.0. The second-order valence-electron chi connectivity index (χ2n) is 7.35. The van der Waals surface area contributed by atoms with E-state index in [9.17, 15) is 14.4 Å². The molecule has 172 valence electrons. The van der Waals surface area contributed by atoms with E-state index >= 15 is 0 Å². The molecule has 0 radical (unpaired) electrons. The molecule has 0 bridgehead atoms. The number of thiophene rings is 1.